The van der Waals surface area contributed by atoms with E-state index in [0.717, 1.165) is 16.7 Å². The minimum absolute atomic E-state index is 0.0222. The maximum Gasteiger partial charge on any atom is 0.335 e. The molecule has 0 amide bonds. The summed E-state index contributed by atoms with van der Waals surface area (Å²) in [7, 11) is 0. The van der Waals surface area contributed by atoms with E-state index in [1.807, 2.05) is 45.0 Å². The summed E-state index contributed by atoms with van der Waals surface area (Å²) in [6.07, 6.45) is 6.89. The standard InChI is InChI=1S/C29H38O3/c1-26(2,3)22-17-29(18-23(24(22)30)27(4,5)6)20(19-13-11-10-12-14-19)15-16-21(29)25(31)32-28(7,8)9/h10-14,16-18,20H,15H2,1-9H3. The second kappa shape index (κ2) is 7.86. The average Bonchev–Trinajstić information content (AvgIpc) is 2.99. The van der Waals surface area contributed by atoms with Gasteiger partial charge in [-0.05, 0) is 43.6 Å². The minimum Gasteiger partial charge on any atom is -0.457 e. The molecule has 0 N–H and O–H groups in total. The van der Waals surface area contributed by atoms with Gasteiger partial charge in [0.15, 0.2) is 5.78 Å². The molecule has 1 spiro atoms. The van der Waals surface area contributed by atoms with E-state index in [9.17, 15) is 9.59 Å². The first kappa shape index (κ1) is 24.2. The van der Waals surface area contributed by atoms with Crippen molar-refractivity contribution in [2.75, 3.05) is 0 Å². The van der Waals surface area contributed by atoms with E-state index < -0.39 is 11.0 Å². The maximum atomic E-state index is 13.6. The van der Waals surface area contributed by atoms with Crippen LogP contribution >= 0.6 is 0 Å². The number of hydrogen-bond donors (Lipinski definition) is 0. The number of ketones is 1. The highest BCUT2D eigenvalue weighted by atomic mass is 16.6. The fraction of sp³-hybridized carbons (Fsp3) is 0.517. The molecule has 0 aliphatic heterocycles. The zero-order valence-electron chi connectivity index (χ0n) is 21.1. The normalized spacial score (nSPS) is 21.2. The second-order valence-electron chi connectivity index (χ2n) is 12.2. The minimum atomic E-state index is -0.719. The Bertz CT molecular complexity index is 965. The Labute approximate surface area is 193 Å². The fourth-order valence-corrected chi connectivity index (χ4v) is 4.75. The van der Waals surface area contributed by atoms with Gasteiger partial charge < -0.3 is 4.74 Å². The molecule has 0 saturated carbocycles. The SMILES string of the molecule is CC(C)(C)OC(=O)C1=CCC(c2ccccc2)C12C=C(C(C)(C)C)C(=O)C(C(C)(C)C)=C2. The Kier molecular flexibility index (Phi) is 5.95. The van der Waals surface area contributed by atoms with Gasteiger partial charge in [0.1, 0.15) is 5.60 Å². The van der Waals surface area contributed by atoms with Gasteiger partial charge in [-0.3, -0.25) is 4.79 Å². The van der Waals surface area contributed by atoms with Crippen LogP contribution in [0.5, 0.6) is 0 Å². The third kappa shape index (κ3) is 4.53. The fourth-order valence-electron chi connectivity index (χ4n) is 4.75. The van der Waals surface area contributed by atoms with Gasteiger partial charge >= 0.3 is 5.97 Å². The van der Waals surface area contributed by atoms with Gasteiger partial charge in [-0.2, -0.15) is 0 Å². The lowest BCUT2D eigenvalue weighted by Crippen LogP contribution is -2.38. The highest BCUT2D eigenvalue weighted by Crippen LogP contribution is 2.57. The van der Waals surface area contributed by atoms with Gasteiger partial charge in [0.25, 0.3) is 0 Å². The Hall–Kier alpha value is -2.42. The van der Waals surface area contributed by atoms with E-state index in [-0.39, 0.29) is 28.5 Å². The molecule has 0 fully saturated rings. The Balaban J connectivity index is 2.31. The summed E-state index contributed by atoms with van der Waals surface area (Å²) < 4.78 is 5.85. The van der Waals surface area contributed by atoms with Gasteiger partial charge in [0.05, 0.1) is 0 Å². The number of carbonyl (C=O) groups excluding carboxylic acids is 2. The van der Waals surface area contributed by atoms with Crippen molar-refractivity contribution < 1.29 is 14.3 Å². The molecule has 1 aromatic carbocycles. The Morgan fingerprint density at radius 3 is 1.81 bits per heavy atom. The highest BCUT2D eigenvalue weighted by Gasteiger charge is 2.51. The van der Waals surface area contributed by atoms with Crippen LogP contribution in [0.15, 0.2) is 65.3 Å². The first-order chi connectivity index (χ1) is 14.6. The third-order valence-corrected chi connectivity index (χ3v) is 6.29. The molecule has 1 atom stereocenters. The van der Waals surface area contributed by atoms with E-state index in [1.54, 1.807) is 0 Å². The highest BCUT2D eigenvalue weighted by molar-refractivity contribution is 6.12. The average molecular weight is 435 g/mol. The van der Waals surface area contributed by atoms with Crippen LogP contribution in [0.1, 0.15) is 80.2 Å². The number of ether oxygens (including phenoxy) is 1. The monoisotopic (exact) mass is 434 g/mol. The molecule has 2 aliphatic carbocycles. The van der Waals surface area contributed by atoms with Crippen molar-refractivity contribution in [3.63, 3.8) is 0 Å². The van der Waals surface area contributed by atoms with Crippen molar-refractivity contribution in [3.8, 4) is 0 Å². The number of hydrogen-bond acceptors (Lipinski definition) is 3. The van der Waals surface area contributed by atoms with E-state index in [2.05, 4.69) is 65.8 Å². The van der Waals surface area contributed by atoms with E-state index >= 15 is 0 Å². The molecule has 0 saturated heterocycles. The van der Waals surface area contributed by atoms with Gasteiger partial charge in [-0.25, -0.2) is 4.79 Å². The lowest BCUT2D eigenvalue weighted by atomic mass is 9.60. The molecule has 1 aromatic rings. The molecule has 3 rings (SSSR count). The largest absolute Gasteiger partial charge is 0.457 e. The molecule has 0 heterocycles. The van der Waals surface area contributed by atoms with Crippen LogP contribution in [0.25, 0.3) is 0 Å². The zero-order chi connectivity index (χ0) is 24.1. The van der Waals surface area contributed by atoms with Gasteiger partial charge in [-0.1, -0.05) is 90.1 Å². The van der Waals surface area contributed by atoms with Crippen LogP contribution in [0.2, 0.25) is 0 Å². The quantitative estimate of drug-likeness (QED) is 0.473. The molecule has 0 aromatic heterocycles. The smallest absolute Gasteiger partial charge is 0.335 e. The number of allylic oxidation sites excluding steroid dienone is 5. The molecule has 172 valence electrons. The van der Waals surface area contributed by atoms with Gasteiger partial charge in [-0.15, -0.1) is 0 Å². The van der Waals surface area contributed by atoms with E-state index in [1.165, 1.54) is 0 Å². The van der Waals surface area contributed by atoms with Crippen molar-refractivity contribution in [1.29, 1.82) is 0 Å². The zero-order valence-corrected chi connectivity index (χ0v) is 21.1. The molecular formula is C29H38O3. The number of esters is 1. The van der Waals surface area contributed by atoms with E-state index in [4.69, 9.17) is 4.74 Å². The number of benzene rings is 1. The predicted molar refractivity (Wildman–Crippen MR) is 130 cm³/mol. The summed E-state index contributed by atoms with van der Waals surface area (Å²) >= 11 is 0. The van der Waals surface area contributed by atoms with Gasteiger partial charge in [0, 0.05) is 28.1 Å². The Morgan fingerprint density at radius 2 is 1.38 bits per heavy atom. The second-order valence-corrected chi connectivity index (χ2v) is 12.2. The van der Waals surface area contributed by atoms with Crippen molar-refractivity contribution in [2.45, 2.75) is 80.3 Å². The summed E-state index contributed by atoms with van der Waals surface area (Å²) in [5.41, 5.74) is 1.31. The van der Waals surface area contributed by atoms with Crippen LogP contribution in [0, 0.1) is 16.2 Å². The maximum absolute atomic E-state index is 13.6. The van der Waals surface area contributed by atoms with Crippen LogP contribution < -0.4 is 0 Å². The van der Waals surface area contributed by atoms with E-state index in [0.29, 0.717) is 12.0 Å². The summed E-state index contributed by atoms with van der Waals surface area (Å²) in [5, 5.41) is 0. The molecule has 2 aliphatic rings. The first-order valence-corrected chi connectivity index (χ1v) is 11.6. The van der Waals surface area contributed by atoms with Crippen molar-refractivity contribution in [3.05, 3.63) is 70.8 Å². The Morgan fingerprint density at radius 1 is 0.875 bits per heavy atom. The van der Waals surface area contributed by atoms with Crippen molar-refractivity contribution >= 4 is 11.8 Å². The first-order valence-electron chi connectivity index (χ1n) is 11.6. The van der Waals surface area contributed by atoms with Gasteiger partial charge in [0.2, 0.25) is 0 Å². The number of Topliss-reactive ketones (excluding diaryl/α,β-unsaturated/α-hetero) is 1. The molecule has 3 nitrogen and oxygen atoms in total. The van der Waals surface area contributed by atoms with Crippen LogP contribution in [0.4, 0.5) is 0 Å². The van der Waals surface area contributed by atoms with Crippen molar-refractivity contribution in [1.82, 2.24) is 0 Å². The van der Waals surface area contributed by atoms with Crippen molar-refractivity contribution in [2.24, 2.45) is 16.2 Å². The van der Waals surface area contributed by atoms with Crippen LogP contribution in [-0.2, 0) is 14.3 Å². The lowest BCUT2D eigenvalue weighted by molar-refractivity contribution is -0.150. The summed E-state index contributed by atoms with van der Waals surface area (Å²) in [6, 6.07) is 10.3. The molecule has 1 unspecified atom stereocenters. The number of rotatable bonds is 2. The van der Waals surface area contributed by atoms with Crippen LogP contribution in [-0.4, -0.2) is 17.4 Å². The summed E-state index contributed by atoms with van der Waals surface area (Å²) in [5.74, 6) is -0.203. The van der Waals surface area contributed by atoms with Crippen LogP contribution in [0.3, 0.4) is 0 Å². The summed E-state index contributed by atoms with van der Waals surface area (Å²) in [4.78, 5) is 27.1. The molecule has 0 radical (unpaired) electrons. The molecular weight excluding hydrogens is 396 g/mol. The molecule has 32 heavy (non-hydrogen) atoms. The number of carbonyl (C=O) groups is 2. The molecule has 3 heteroatoms. The third-order valence-electron chi connectivity index (χ3n) is 6.29. The topological polar surface area (TPSA) is 43.4 Å². The predicted octanol–water partition coefficient (Wildman–Crippen LogP) is 6.96. The summed E-state index contributed by atoms with van der Waals surface area (Å²) in [6.45, 7) is 18.1. The lowest BCUT2D eigenvalue weighted by Gasteiger charge is -2.42. The molecule has 0 bridgehead atoms.